The molecule has 5 heteroatoms. The summed E-state index contributed by atoms with van der Waals surface area (Å²) in [5.74, 6) is 2.35. The zero-order valence-corrected chi connectivity index (χ0v) is 13.7. The number of aromatic nitrogens is 1. The van der Waals surface area contributed by atoms with E-state index >= 15 is 0 Å². The predicted octanol–water partition coefficient (Wildman–Crippen LogP) is 2.76. The lowest BCUT2D eigenvalue weighted by Gasteiger charge is -2.30. The molecule has 1 aromatic rings. The second kappa shape index (κ2) is 6.44. The van der Waals surface area contributed by atoms with Gasteiger partial charge in [0, 0.05) is 30.6 Å². The molecule has 116 valence electrons. The largest absolute Gasteiger partial charge is 0.376 e. The van der Waals surface area contributed by atoms with Crippen LogP contribution in [0, 0.1) is 13.8 Å². The fourth-order valence-electron chi connectivity index (χ4n) is 3.27. The van der Waals surface area contributed by atoms with Crippen molar-refractivity contribution in [2.75, 3.05) is 24.7 Å². The van der Waals surface area contributed by atoms with E-state index in [-0.39, 0.29) is 12.0 Å². The quantitative estimate of drug-likeness (QED) is 0.930. The Bertz CT molecular complexity index is 502. The van der Waals surface area contributed by atoms with Gasteiger partial charge in [-0.3, -0.25) is 4.79 Å². The molecular weight excluding hydrogens is 284 g/mol. The van der Waals surface area contributed by atoms with Crippen LogP contribution in [-0.2, 0) is 4.74 Å². The molecule has 1 amide bonds. The standard InChI is InChI=1S/C16H24N2O2S/c1-11-8-12(2)17-15(11)16(19)18(13-5-7-21-10-13)9-14-4-3-6-20-14/h8,13-14,17H,3-7,9-10H2,1-2H3/t13-,14+/m1/s1. The number of thioether (sulfide) groups is 1. The van der Waals surface area contributed by atoms with Gasteiger partial charge in [0.2, 0.25) is 0 Å². The molecule has 2 atom stereocenters. The van der Waals surface area contributed by atoms with Crippen molar-refractivity contribution in [2.24, 2.45) is 0 Å². The second-order valence-electron chi connectivity index (χ2n) is 6.12. The molecular formula is C16H24N2O2S. The highest BCUT2D eigenvalue weighted by Gasteiger charge is 2.32. The lowest BCUT2D eigenvalue weighted by atomic mass is 10.1. The van der Waals surface area contributed by atoms with Crippen LogP contribution in [0.1, 0.15) is 41.0 Å². The number of nitrogens with zero attached hydrogens (tertiary/aromatic N) is 1. The van der Waals surface area contributed by atoms with Gasteiger partial charge in [-0.25, -0.2) is 0 Å². The summed E-state index contributed by atoms with van der Waals surface area (Å²) in [4.78, 5) is 18.3. The average molecular weight is 308 g/mol. The van der Waals surface area contributed by atoms with Crippen LogP contribution in [0.2, 0.25) is 0 Å². The molecule has 0 saturated carbocycles. The van der Waals surface area contributed by atoms with Gasteiger partial charge < -0.3 is 14.6 Å². The number of carbonyl (C=O) groups excluding carboxylic acids is 1. The van der Waals surface area contributed by atoms with Crippen molar-refractivity contribution in [3.8, 4) is 0 Å². The second-order valence-corrected chi connectivity index (χ2v) is 7.27. The van der Waals surface area contributed by atoms with Crippen molar-refractivity contribution in [1.82, 2.24) is 9.88 Å². The third-order valence-corrected chi connectivity index (χ3v) is 5.54. The Morgan fingerprint density at radius 1 is 1.48 bits per heavy atom. The number of rotatable bonds is 4. The third kappa shape index (κ3) is 3.29. The molecule has 0 aliphatic carbocycles. The summed E-state index contributed by atoms with van der Waals surface area (Å²) >= 11 is 1.95. The van der Waals surface area contributed by atoms with E-state index < -0.39 is 0 Å². The minimum Gasteiger partial charge on any atom is -0.376 e. The summed E-state index contributed by atoms with van der Waals surface area (Å²) in [6.07, 6.45) is 3.51. The number of hydrogen-bond donors (Lipinski definition) is 1. The number of ether oxygens (including phenoxy) is 1. The number of nitrogens with one attached hydrogen (secondary N) is 1. The average Bonchev–Trinajstić information content (AvgIpc) is 3.16. The zero-order valence-electron chi connectivity index (χ0n) is 12.9. The van der Waals surface area contributed by atoms with Crippen molar-refractivity contribution in [3.63, 3.8) is 0 Å². The van der Waals surface area contributed by atoms with Crippen molar-refractivity contribution >= 4 is 17.7 Å². The fraction of sp³-hybridized carbons (Fsp3) is 0.688. The Morgan fingerprint density at radius 3 is 2.90 bits per heavy atom. The lowest BCUT2D eigenvalue weighted by molar-refractivity contribution is 0.0437. The molecule has 0 aromatic carbocycles. The number of H-pyrrole nitrogens is 1. The van der Waals surface area contributed by atoms with Gasteiger partial charge in [-0.2, -0.15) is 11.8 Å². The normalized spacial score (nSPS) is 25.4. The number of hydrogen-bond acceptors (Lipinski definition) is 3. The van der Waals surface area contributed by atoms with Crippen molar-refractivity contribution in [1.29, 1.82) is 0 Å². The molecule has 0 unspecified atom stereocenters. The Labute approximate surface area is 130 Å². The first-order valence-electron chi connectivity index (χ1n) is 7.81. The molecule has 2 fully saturated rings. The summed E-state index contributed by atoms with van der Waals surface area (Å²) < 4.78 is 5.75. The van der Waals surface area contributed by atoms with E-state index in [1.807, 2.05) is 31.7 Å². The Balaban J connectivity index is 1.79. The number of aromatic amines is 1. The molecule has 2 aliphatic heterocycles. The summed E-state index contributed by atoms with van der Waals surface area (Å²) in [5, 5.41) is 0. The lowest BCUT2D eigenvalue weighted by Crippen LogP contribution is -2.45. The Hall–Kier alpha value is -0.940. The van der Waals surface area contributed by atoms with E-state index in [0.717, 1.165) is 60.9 Å². The summed E-state index contributed by atoms with van der Waals surface area (Å²) in [7, 11) is 0. The van der Waals surface area contributed by atoms with Gasteiger partial charge in [-0.1, -0.05) is 0 Å². The van der Waals surface area contributed by atoms with Crippen LogP contribution in [0.5, 0.6) is 0 Å². The highest BCUT2D eigenvalue weighted by atomic mass is 32.2. The molecule has 1 N–H and O–H groups in total. The summed E-state index contributed by atoms with van der Waals surface area (Å²) in [6, 6.07) is 2.40. The zero-order chi connectivity index (χ0) is 14.8. The van der Waals surface area contributed by atoms with Gasteiger partial charge in [-0.15, -0.1) is 0 Å². The Morgan fingerprint density at radius 2 is 2.33 bits per heavy atom. The maximum absolute atomic E-state index is 13.0. The van der Waals surface area contributed by atoms with E-state index in [9.17, 15) is 4.79 Å². The van der Waals surface area contributed by atoms with Crippen molar-refractivity contribution < 1.29 is 9.53 Å². The van der Waals surface area contributed by atoms with E-state index in [0.29, 0.717) is 6.04 Å². The molecule has 2 aliphatic rings. The van der Waals surface area contributed by atoms with Crippen LogP contribution < -0.4 is 0 Å². The molecule has 0 spiro atoms. The van der Waals surface area contributed by atoms with Crippen LogP contribution in [0.4, 0.5) is 0 Å². The highest BCUT2D eigenvalue weighted by Crippen LogP contribution is 2.26. The fourth-order valence-corrected chi connectivity index (χ4v) is 4.49. The van der Waals surface area contributed by atoms with Gasteiger partial charge in [0.15, 0.2) is 0 Å². The van der Waals surface area contributed by atoms with Crippen LogP contribution in [0.25, 0.3) is 0 Å². The number of carbonyl (C=O) groups is 1. The van der Waals surface area contributed by atoms with Crippen LogP contribution in [-0.4, -0.2) is 52.6 Å². The molecule has 21 heavy (non-hydrogen) atoms. The first kappa shape index (κ1) is 15.0. The Kier molecular flexibility index (Phi) is 4.60. The monoisotopic (exact) mass is 308 g/mol. The minimum absolute atomic E-state index is 0.142. The predicted molar refractivity (Wildman–Crippen MR) is 86.0 cm³/mol. The third-order valence-electron chi connectivity index (χ3n) is 4.39. The smallest absolute Gasteiger partial charge is 0.270 e. The van der Waals surface area contributed by atoms with Gasteiger partial charge in [0.05, 0.1) is 6.10 Å². The maximum atomic E-state index is 13.0. The van der Waals surface area contributed by atoms with Crippen molar-refractivity contribution in [2.45, 2.75) is 45.3 Å². The molecule has 3 rings (SSSR count). The van der Waals surface area contributed by atoms with E-state index in [1.54, 1.807) is 0 Å². The molecule has 2 saturated heterocycles. The summed E-state index contributed by atoms with van der Waals surface area (Å²) in [5.41, 5.74) is 2.84. The molecule has 1 aromatic heterocycles. The van der Waals surface area contributed by atoms with E-state index in [4.69, 9.17) is 4.74 Å². The van der Waals surface area contributed by atoms with Crippen LogP contribution >= 0.6 is 11.8 Å². The topological polar surface area (TPSA) is 45.3 Å². The maximum Gasteiger partial charge on any atom is 0.270 e. The van der Waals surface area contributed by atoms with Gasteiger partial charge in [0.1, 0.15) is 5.69 Å². The number of amides is 1. The van der Waals surface area contributed by atoms with Crippen LogP contribution in [0.15, 0.2) is 6.07 Å². The van der Waals surface area contributed by atoms with Gasteiger partial charge in [0.25, 0.3) is 5.91 Å². The summed E-state index contributed by atoms with van der Waals surface area (Å²) in [6.45, 7) is 5.58. The van der Waals surface area contributed by atoms with Crippen LogP contribution in [0.3, 0.4) is 0 Å². The minimum atomic E-state index is 0.142. The van der Waals surface area contributed by atoms with Gasteiger partial charge >= 0.3 is 0 Å². The van der Waals surface area contributed by atoms with Gasteiger partial charge in [-0.05, 0) is 50.5 Å². The van der Waals surface area contributed by atoms with E-state index in [2.05, 4.69) is 9.88 Å². The van der Waals surface area contributed by atoms with E-state index in [1.165, 1.54) is 0 Å². The van der Waals surface area contributed by atoms with Crippen molar-refractivity contribution in [3.05, 3.63) is 23.0 Å². The molecule has 0 radical (unpaired) electrons. The first-order chi connectivity index (χ1) is 10.1. The highest BCUT2D eigenvalue weighted by molar-refractivity contribution is 7.99. The first-order valence-corrected chi connectivity index (χ1v) is 8.97. The number of aryl methyl sites for hydroxylation is 2. The molecule has 0 bridgehead atoms. The molecule has 4 nitrogen and oxygen atoms in total. The molecule has 3 heterocycles. The SMILES string of the molecule is Cc1cc(C)c(C(=O)N(C[C@@H]2CCCO2)[C@@H]2CCSC2)[nH]1.